The predicted molar refractivity (Wildman–Crippen MR) is 84.4 cm³/mol. The van der Waals surface area contributed by atoms with E-state index < -0.39 is 17.5 Å². The predicted octanol–water partition coefficient (Wildman–Crippen LogP) is 4.92. The summed E-state index contributed by atoms with van der Waals surface area (Å²) in [5.41, 5.74) is -0.0290. The summed E-state index contributed by atoms with van der Waals surface area (Å²) in [5.74, 6) is -1.04. The number of phenolic OH excluding ortho intramolecular Hbond substituents is 1. The molecule has 1 aromatic rings. The normalized spacial score (nSPS) is 22.5. The van der Waals surface area contributed by atoms with Crippen LogP contribution in [-0.4, -0.2) is 22.6 Å². The van der Waals surface area contributed by atoms with Gasteiger partial charge in [-0.15, -0.1) is 11.6 Å². The zero-order chi connectivity index (χ0) is 15.7. The maximum absolute atomic E-state index is 12.1. The van der Waals surface area contributed by atoms with Crippen LogP contribution in [0.5, 0.6) is 5.75 Å². The molecule has 8 heteroatoms. The molecule has 1 aliphatic carbocycles. The van der Waals surface area contributed by atoms with Crippen molar-refractivity contribution in [2.24, 2.45) is 0 Å². The number of phenols is 1. The number of carbonyl (C=O) groups excluding carboxylic acids is 1. The van der Waals surface area contributed by atoms with Crippen LogP contribution in [0.4, 0.5) is 0 Å². The molecule has 0 amide bonds. The van der Waals surface area contributed by atoms with Gasteiger partial charge in [-0.05, 0) is 12.1 Å². The van der Waals surface area contributed by atoms with Gasteiger partial charge in [0.05, 0.1) is 20.1 Å². The van der Waals surface area contributed by atoms with Crippen LogP contribution in [0.15, 0.2) is 44.4 Å². The van der Waals surface area contributed by atoms with Crippen LogP contribution in [0.2, 0.25) is 0 Å². The van der Waals surface area contributed by atoms with E-state index in [0.29, 0.717) is 0 Å². The van der Waals surface area contributed by atoms with Gasteiger partial charge in [0.2, 0.25) is 0 Å². The summed E-state index contributed by atoms with van der Waals surface area (Å²) < 4.78 is 5.19. The monoisotopic (exact) mass is 386 g/mol. The van der Waals surface area contributed by atoms with E-state index in [1.807, 2.05) is 0 Å². The molecule has 0 spiro atoms. The number of halogens is 5. The first-order chi connectivity index (χ1) is 9.84. The zero-order valence-electron chi connectivity index (χ0n) is 10.1. The number of aromatic hydroxyl groups is 1. The number of rotatable bonds is 2. The molecule has 1 aromatic carbocycles. The Morgan fingerprint density at radius 2 is 1.62 bits per heavy atom. The van der Waals surface area contributed by atoms with E-state index in [1.54, 1.807) is 12.1 Å². The molecule has 1 N–H and O–H groups in total. The Balaban J connectivity index is 2.28. The minimum atomic E-state index is -1.09. The molecule has 2 atom stereocenters. The minimum absolute atomic E-state index is 0.0122. The van der Waals surface area contributed by atoms with Crippen molar-refractivity contribution in [1.29, 1.82) is 0 Å². The highest BCUT2D eigenvalue weighted by atomic mass is 35.5. The van der Waals surface area contributed by atoms with Crippen molar-refractivity contribution in [2.75, 3.05) is 0 Å². The van der Waals surface area contributed by atoms with Crippen molar-refractivity contribution in [1.82, 2.24) is 0 Å². The molecule has 0 aliphatic heterocycles. The molecule has 1 aliphatic rings. The molecule has 0 radical (unpaired) electrons. The molecule has 0 saturated heterocycles. The second kappa shape index (κ2) is 6.67. The maximum atomic E-state index is 12.1. The van der Waals surface area contributed by atoms with E-state index in [-0.39, 0.29) is 31.4 Å². The number of alkyl halides is 1. The van der Waals surface area contributed by atoms with E-state index in [0.717, 1.165) is 0 Å². The number of para-hydroxylation sites is 1. The Hall–Kier alpha value is -0.580. The van der Waals surface area contributed by atoms with E-state index in [1.165, 1.54) is 12.1 Å². The standard InChI is InChI=1S/C13H7Cl5O3/c14-7-8(15)10(17)12(11(18)9(7)16)21-13(20)5-3-1-2-4-6(5)19/h1-4,10,12,19H/t10-,12?/m1/s1. The van der Waals surface area contributed by atoms with Crippen LogP contribution in [0.3, 0.4) is 0 Å². The summed E-state index contributed by atoms with van der Waals surface area (Å²) >= 11 is 29.8. The molecule has 3 nitrogen and oxygen atoms in total. The third-order valence-electron chi connectivity index (χ3n) is 2.73. The van der Waals surface area contributed by atoms with E-state index in [9.17, 15) is 9.90 Å². The fraction of sp³-hybridized carbons (Fsp3) is 0.154. The first-order valence-electron chi connectivity index (χ1n) is 5.58. The van der Waals surface area contributed by atoms with Crippen molar-refractivity contribution in [2.45, 2.75) is 11.5 Å². The van der Waals surface area contributed by atoms with Gasteiger partial charge in [-0.1, -0.05) is 58.5 Å². The zero-order valence-corrected chi connectivity index (χ0v) is 13.9. The number of hydrogen-bond acceptors (Lipinski definition) is 3. The minimum Gasteiger partial charge on any atom is -0.507 e. The van der Waals surface area contributed by atoms with Gasteiger partial charge in [-0.3, -0.25) is 0 Å². The van der Waals surface area contributed by atoms with Gasteiger partial charge in [0.1, 0.15) is 16.7 Å². The first-order valence-corrected chi connectivity index (χ1v) is 7.53. The molecule has 0 heterocycles. The van der Waals surface area contributed by atoms with Crippen molar-refractivity contribution in [3.63, 3.8) is 0 Å². The smallest absolute Gasteiger partial charge is 0.342 e. The van der Waals surface area contributed by atoms with Crippen LogP contribution < -0.4 is 0 Å². The highest BCUT2D eigenvalue weighted by Crippen LogP contribution is 2.42. The molecule has 2 rings (SSSR count). The summed E-state index contributed by atoms with van der Waals surface area (Å²) in [6.45, 7) is 0. The highest BCUT2D eigenvalue weighted by Gasteiger charge is 2.37. The average molecular weight is 388 g/mol. The number of hydrogen-bond donors (Lipinski definition) is 1. The highest BCUT2D eigenvalue weighted by molar-refractivity contribution is 6.53. The number of allylic oxidation sites excluding steroid dienone is 2. The fourth-order valence-electron chi connectivity index (χ4n) is 1.65. The molecule has 0 bridgehead atoms. The Morgan fingerprint density at radius 1 is 1.05 bits per heavy atom. The fourth-order valence-corrected chi connectivity index (χ4v) is 3.06. The first kappa shape index (κ1) is 16.8. The largest absolute Gasteiger partial charge is 0.507 e. The Morgan fingerprint density at radius 3 is 2.24 bits per heavy atom. The number of benzene rings is 1. The lowest BCUT2D eigenvalue weighted by Crippen LogP contribution is -2.31. The lowest BCUT2D eigenvalue weighted by Gasteiger charge is -2.27. The van der Waals surface area contributed by atoms with E-state index in [4.69, 9.17) is 62.7 Å². The molecule has 0 aromatic heterocycles. The maximum Gasteiger partial charge on any atom is 0.342 e. The van der Waals surface area contributed by atoms with Gasteiger partial charge < -0.3 is 9.84 Å². The molecule has 0 saturated carbocycles. The van der Waals surface area contributed by atoms with Crippen molar-refractivity contribution in [3.8, 4) is 5.75 Å². The second-order valence-corrected chi connectivity index (χ2v) is 6.11. The lowest BCUT2D eigenvalue weighted by atomic mass is 10.1. The van der Waals surface area contributed by atoms with Crippen molar-refractivity contribution >= 4 is 64.0 Å². The Kier molecular flexibility index (Phi) is 5.33. The Labute approximate surface area is 145 Å². The quantitative estimate of drug-likeness (QED) is 0.578. The third-order valence-corrected chi connectivity index (χ3v) is 5.19. The van der Waals surface area contributed by atoms with Crippen LogP contribution in [0.1, 0.15) is 10.4 Å². The van der Waals surface area contributed by atoms with Gasteiger partial charge in [0.25, 0.3) is 0 Å². The topological polar surface area (TPSA) is 46.5 Å². The third kappa shape index (κ3) is 3.27. The van der Waals surface area contributed by atoms with Crippen molar-refractivity contribution in [3.05, 3.63) is 50.0 Å². The molecule has 1 unspecified atom stereocenters. The SMILES string of the molecule is O=C(OC1C(Cl)=C(Cl)C(Cl)=C(Cl)[C@H]1Cl)c1ccccc1O. The van der Waals surface area contributed by atoms with E-state index >= 15 is 0 Å². The summed E-state index contributed by atoms with van der Waals surface area (Å²) in [5, 5.41) is 8.64. The van der Waals surface area contributed by atoms with Crippen molar-refractivity contribution < 1.29 is 14.6 Å². The Bertz CT molecular complexity index is 653. The summed E-state index contributed by atoms with van der Waals surface area (Å²) in [7, 11) is 0. The van der Waals surface area contributed by atoms with Crippen LogP contribution >= 0.6 is 58.0 Å². The van der Waals surface area contributed by atoms with Gasteiger partial charge in [0.15, 0.2) is 6.10 Å². The molecule has 112 valence electrons. The van der Waals surface area contributed by atoms with Crippen LogP contribution in [-0.2, 0) is 4.74 Å². The molecular weight excluding hydrogens is 381 g/mol. The van der Waals surface area contributed by atoms with Gasteiger partial charge in [-0.2, -0.15) is 0 Å². The average Bonchev–Trinajstić information content (AvgIpc) is 2.48. The number of ether oxygens (including phenoxy) is 1. The summed E-state index contributed by atoms with van der Waals surface area (Å²) in [6.07, 6.45) is -1.09. The van der Waals surface area contributed by atoms with Crippen LogP contribution in [0, 0.1) is 0 Å². The molecular formula is C13H7Cl5O3. The molecule has 21 heavy (non-hydrogen) atoms. The van der Waals surface area contributed by atoms with E-state index in [2.05, 4.69) is 0 Å². The van der Waals surface area contributed by atoms with Crippen LogP contribution in [0.25, 0.3) is 0 Å². The number of esters is 1. The van der Waals surface area contributed by atoms with Gasteiger partial charge in [0, 0.05) is 0 Å². The molecule has 0 fully saturated rings. The lowest BCUT2D eigenvalue weighted by molar-refractivity contribution is 0.0389. The van der Waals surface area contributed by atoms with Gasteiger partial charge >= 0.3 is 5.97 Å². The summed E-state index contributed by atoms with van der Waals surface area (Å²) in [6, 6.07) is 5.89. The number of carbonyl (C=O) groups is 1. The van der Waals surface area contributed by atoms with Gasteiger partial charge in [-0.25, -0.2) is 4.79 Å². The second-order valence-electron chi connectivity index (χ2n) is 4.07. The summed E-state index contributed by atoms with van der Waals surface area (Å²) in [4.78, 5) is 12.1.